The minimum Gasteiger partial charge on any atom is -0.348 e. The van der Waals surface area contributed by atoms with Gasteiger partial charge in [-0.25, -0.2) is 0 Å². The molecule has 0 unspecified atom stereocenters. The summed E-state index contributed by atoms with van der Waals surface area (Å²) in [4.78, 5) is 27.7. The molecule has 1 atom stereocenters. The van der Waals surface area contributed by atoms with Crippen molar-refractivity contribution in [2.24, 2.45) is 5.92 Å². The van der Waals surface area contributed by atoms with Crippen molar-refractivity contribution in [3.63, 3.8) is 0 Å². The third kappa shape index (κ3) is 5.91. The van der Waals surface area contributed by atoms with Crippen LogP contribution >= 0.6 is 0 Å². The summed E-state index contributed by atoms with van der Waals surface area (Å²) in [5, 5.41) is 5.89. The molecule has 1 aliphatic rings. The van der Waals surface area contributed by atoms with Gasteiger partial charge in [0.2, 0.25) is 5.91 Å². The fourth-order valence-electron chi connectivity index (χ4n) is 3.41. The molecule has 0 heterocycles. The summed E-state index contributed by atoms with van der Waals surface area (Å²) in [6.07, 6.45) is 2.31. The van der Waals surface area contributed by atoms with Gasteiger partial charge >= 0.3 is 0 Å². The number of anilines is 1. The van der Waals surface area contributed by atoms with E-state index in [2.05, 4.69) is 36.3 Å². The summed E-state index contributed by atoms with van der Waals surface area (Å²) in [6, 6.07) is 17.8. The van der Waals surface area contributed by atoms with Gasteiger partial charge < -0.3 is 10.6 Å². The number of para-hydroxylation sites is 1. The van der Waals surface area contributed by atoms with Gasteiger partial charge in [-0.05, 0) is 43.4 Å². The van der Waals surface area contributed by atoms with E-state index in [1.807, 2.05) is 42.5 Å². The highest BCUT2D eigenvalue weighted by atomic mass is 16.2. The summed E-state index contributed by atoms with van der Waals surface area (Å²) < 4.78 is 0. The van der Waals surface area contributed by atoms with Crippen LogP contribution in [0.5, 0.6) is 0 Å². The van der Waals surface area contributed by atoms with Crippen molar-refractivity contribution >= 4 is 17.5 Å². The molecule has 1 saturated carbocycles. The van der Waals surface area contributed by atoms with Crippen molar-refractivity contribution in [2.75, 3.05) is 11.9 Å². The van der Waals surface area contributed by atoms with Crippen molar-refractivity contribution in [3.05, 3.63) is 65.7 Å². The van der Waals surface area contributed by atoms with Crippen LogP contribution in [0.25, 0.3) is 0 Å². The maximum absolute atomic E-state index is 12.8. The topological polar surface area (TPSA) is 61.4 Å². The molecule has 29 heavy (non-hydrogen) atoms. The van der Waals surface area contributed by atoms with Gasteiger partial charge in [0.25, 0.3) is 5.91 Å². The molecule has 5 heteroatoms. The van der Waals surface area contributed by atoms with E-state index in [0.29, 0.717) is 42.3 Å². The highest BCUT2D eigenvalue weighted by Crippen LogP contribution is 2.30. The van der Waals surface area contributed by atoms with Crippen LogP contribution in [0, 0.1) is 5.92 Å². The summed E-state index contributed by atoms with van der Waals surface area (Å²) in [6.45, 7) is 7.35. The average molecular weight is 394 g/mol. The van der Waals surface area contributed by atoms with Crippen molar-refractivity contribution in [3.8, 4) is 0 Å². The molecule has 2 amide bonds. The molecule has 0 bridgehead atoms. The molecular weight excluding hydrogens is 362 g/mol. The largest absolute Gasteiger partial charge is 0.348 e. The Kier molecular flexibility index (Phi) is 7.04. The van der Waals surface area contributed by atoms with Crippen LogP contribution in [-0.4, -0.2) is 35.3 Å². The van der Waals surface area contributed by atoms with Crippen LogP contribution in [0.1, 0.15) is 49.5 Å². The number of benzene rings is 2. The second-order valence-corrected chi connectivity index (χ2v) is 8.15. The molecule has 0 radical (unpaired) electrons. The van der Waals surface area contributed by atoms with Gasteiger partial charge in [0.05, 0.1) is 17.8 Å². The Balaban J connectivity index is 1.63. The number of carbonyl (C=O) groups is 2. The Morgan fingerprint density at radius 1 is 1.00 bits per heavy atom. The van der Waals surface area contributed by atoms with Gasteiger partial charge in [0.1, 0.15) is 0 Å². The standard InChI is InChI=1S/C24H31N3O2/c1-17(2)18(3)27(20-13-14-20)16-23(28)26-22-12-8-7-11-21(22)24(29)25-15-19-9-5-4-6-10-19/h4-12,17-18,20H,13-16H2,1-3H3,(H,25,29)(H,26,28)/t18-/m1/s1. The van der Waals surface area contributed by atoms with Crippen molar-refractivity contribution < 1.29 is 9.59 Å². The van der Waals surface area contributed by atoms with Crippen LogP contribution in [0.4, 0.5) is 5.69 Å². The summed E-state index contributed by atoms with van der Waals surface area (Å²) in [5.41, 5.74) is 2.06. The molecule has 1 aliphatic carbocycles. The first-order chi connectivity index (χ1) is 14.0. The van der Waals surface area contributed by atoms with Gasteiger partial charge in [0, 0.05) is 18.6 Å². The second kappa shape index (κ2) is 9.70. The van der Waals surface area contributed by atoms with E-state index in [1.54, 1.807) is 12.1 Å². The van der Waals surface area contributed by atoms with Crippen molar-refractivity contribution in [2.45, 2.75) is 52.2 Å². The third-order valence-electron chi connectivity index (χ3n) is 5.57. The molecular formula is C24H31N3O2. The number of hydrogen-bond donors (Lipinski definition) is 2. The van der Waals surface area contributed by atoms with E-state index in [1.165, 1.54) is 0 Å². The smallest absolute Gasteiger partial charge is 0.253 e. The highest BCUT2D eigenvalue weighted by Gasteiger charge is 2.34. The zero-order valence-corrected chi connectivity index (χ0v) is 17.5. The molecule has 3 rings (SSSR count). The van der Waals surface area contributed by atoms with Crippen molar-refractivity contribution in [1.82, 2.24) is 10.2 Å². The molecule has 2 N–H and O–H groups in total. The lowest BCUT2D eigenvalue weighted by atomic mass is 10.0. The summed E-state index contributed by atoms with van der Waals surface area (Å²) in [5.74, 6) is 0.214. The fraction of sp³-hybridized carbons (Fsp3) is 0.417. The number of carbonyl (C=O) groups excluding carboxylic acids is 2. The Morgan fingerprint density at radius 3 is 2.31 bits per heavy atom. The van der Waals surface area contributed by atoms with E-state index in [9.17, 15) is 9.59 Å². The first kappa shape index (κ1) is 21.1. The lowest BCUT2D eigenvalue weighted by molar-refractivity contribution is -0.118. The van der Waals surface area contributed by atoms with Crippen LogP contribution in [0.3, 0.4) is 0 Å². The molecule has 2 aromatic carbocycles. The number of nitrogens with zero attached hydrogens (tertiary/aromatic N) is 1. The number of rotatable bonds is 9. The zero-order chi connectivity index (χ0) is 20.8. The van der Waals surface area contributed by atoms with Gasteiger partial charge in [-0.3, -0.25) is 14.5 Å². The van der Waals surface area contributed by atoms with Gasteiger partial charge in [0.15, 0.2) is 0 Å². The monoisotopic (exact) mass is 393 g/mol. The molecule has 154 valence electrons. The Labute approximate surface area is 173 Å². The molecule has 0 aliphatic heterocycles. The number of hydrogen-bond acceptors (Lipinski definition) is 3. The minimum atomic E-state index is -0.195. The predicted molar refractivity (Wildman–Crippen MR) is 117 cm³/mol. The lowest BCUT2D eigenvalue weighted by Gasteiger charge is -2.31. The molecule has 0 saturated heterocycles. The molecule has 1 fully saturated rings. The first-order valence-electron chi connectivity index (χ1n) is 10.4. The van der Waals surface area contributed by atoms with Gasteiger partial charge in [-0.1, -0.05) is 56.3 Å². The molecule has 0 aromatic heterocycles. The minimum absolute atomic E-state index is 0.0762. The van der Waals surface area contributed by atoms with E-state index in [-0.39, 0.29) is 11.8 Å². The molecule has 0 spiro atoms. The first-order valence-corrected chi connectivity index (χ1v) is 10.4. The maximum atomic E-state index is 12.8. The van der Waals surface area contributed by atoms with Crippen LogP contribution < -0.4 is 10.6 Å². The Hall–Kier alpha value is -2.66. The van der Waals surface area contributed by atoms with Crippen LogP contribution in [-0.2, 0) is 11.3 Å². The lowest BCUT2D eigenvalue weighted by Crippen LogP contribution is -2.43. The SMILES string of the molecule is CC(C)[C@@H](C)N(CC(=O)Nc1ccccc1C(=O)NCc1ccccc1)C1CC1. The van der Waals surface area contributed by atoms with E-state index in [0.717, 1.165) is 18.4 Å². The third-order valence-corrected chi connectivity index (χ3v) is 5.57. The van der Waals surface area contributed by atoms with Crippen LogP contribution in [0.2, 0.25) is 0 Å². The Bertz CT molecular complexity index is 831. The normalized spacial score (nSPS) is 14.7. The number of nitrogens with one attached hydrogen (secondary N) is 2. The fourth-order valence-corrected chi connectivity index (χ4v) is 3.41. The van der Waals surface area contributed by atoms with Crippen LogP contribution in [0.15, 0.2) is 54.6 Å². The van der Waals surface area contributed by atoms with E-state index >= 15 is 0 Å². The number of amides is 2. The maximum Gasteiger partial charge on any atom is 0.253 e. The van der Waals surface area contributed by atoms with E-state index in [4.69, 9.17) is 0 Å². The van der Waals surface area contributed by atoms with Gasteiger partial charge in [-0.15, -0.1) is 0 Å². The van der Waals surface area contributed by atoms with E-state index < -0.39 is 0 Å². The Morgan fingerprint density at radius 2 is 1.66 bits per heavy atom. The zero-order valence-electron chi connectivity index (χ0n) is 17.5. The summed E-state index contributed by atoms with van der Waals surface area (Å²) >= 11 is 0. The summed E-state index contributed by atoms with van der Waals surface area (Å²) in [7, 11) is 0. The average Bonchev–Trinajstić information content (AvgIpc) is 3.56. The van der Waals surface area contributed by atoms with Gasteiger partial charge in [-0.2, -0.15) is 0 Å². The quantitative estimate of drug-likeness (QED) is 0.675. The predicted octanol–water partition coefficient (Wildman–Crippen LogP) is 4.06. The van der Waals surface area contributed by atoms with Crippen molar-refractivity contribution in [1.29, 1.82) is 0 Å². The highest BCUT2D eigenvalue weighted by molar-refractivity contribution is 6.04. The second-order valence-electron chi connectivity index (χ2n) is 8.15. The molecule has 5 nitrogen and oxygen atoms in total. The molecule has 2 aromatic rings.